The maximum absolute atomic E-state index is 13.3. The van der Waals surface area contributed by atoms with E-state index in [9.17, 15) is 14.4 Å². The molecule has 3 aromatic rings. The fourth-order valence-corrected chi connectivity index (χ4v) is 5.36. The number of imide groups is 1. The number of carbonyl (C=O) groups excluding carboxylic acids is 3. The second-order valence-electron chi connectivity index (χ2n) is 8.92. The summed E-state index contributed by atoms with van der Waals surface area (Å²) in [5, 5.41) is 4.40. The van der Waals surface area contributed by atoms with E-state index in [4.69, 9.17) is 0 Å². The predicted molar refractivity (Wildman–Crippen MR) is 121 cm³/mol. The normalized spacial score (nSPS) is 21.2. The monoisotopic (exact) mass is 425 g/mol. The number of nitrogens with zero attached hydrogens (tertiary/aromatic N) is 2. The van der Waals surface area contributed by atoms with Gasteiger partial charge in [0.15, 0.2) is 0 Å². The molecule has 32 heavy (non-hydrogen) atoms. The average molecular weight is 425 g/mol. The topological polar surface area (TPSA) is 69.7 Å². The van der Waals surface area contributed by atoms with Crippen molar-refractivity contribution in [2.75, 3.05) is 18.0 Å². The van der Waals surface area contributed by atoms with Gasteiger partial charge in [0.05, 0.1) is 5.69 Å². The van der Waals surface area contributed by atoms with Gasteiger partial charge in [0.25, 0.3) is 5.91 Å². The summed E-state index contributed by atoms with van der Waals surface area (Å²) in [6, 6.07) is 19.8. The molecule has 3 amide bonds. The van der Waals surface area contributed by atoms with Crippen molar-refractivity contribution in [3.8, 4) is 0 Å². The number of carbonyl (C=O) groups is 3. The van der Waals surface area contributed by atoms with Crippen LogP contribution in [-0.4, -0.2) is 41.8 Å². The molecule has 0 saturated carbocycles. The van der Waals surface area contributed by atoms with Crippen molar-refractivity contribution in [2.24, 2.45) is 0 Å². The quantitative estimate of drug-likeness (QED) is 0.652. The maximum atomic E-state index is 13.3. The summed E-state index contributed by atoms with van der Waals surface area (Å²) in [5.41, 5.74) is 3.99. The average Bonchev–Trinajstić information content (AvgIpc) is 3.05. The van der Waals surface area contributed by atoms with Crippen LogP contribution in [0.3, 0.4) is 0 Å². The second kappa shape index (κ2) is 7.28. The highest BCUT2D eigenvalue weighted by molar-refractivity contribution is 6.27. The first-order valence-electron chi connectivity index (χ1n) is 11.1. The molecule has 160 valence electrons. The van der Waals surface area contributed by atoms with Gasteiger partial charge in [0, 0.05) is 42.9 Å². The number of anilines is 1. The molecule has 6 heteroatoms. The summed E-state index contributed by atoms with van der Waals surface area (Å²) in [4.78, 5) is 41.4. The van der Waals surface area contributed by atoms with Crippen LogP contribution in [0, 0.1) is 0 Å². The molecule has 0 aromatic heterocycles. The number of amides is 3. The first-order valence-corrected chi connectivity index (χ1v) is 11.1. The van der Waals surface area contributed by atoms with Gasteiger partial charge >= 0.3 is 0 Å². The van der Waals surface area contributed by atoms with Crippen molar-refractivity contribution in [1.29, 1.82) is 0 Å². The highest BCUT2D eigenvalue weighted by Crippen LogP contribution is 2.43. The minimum absolute atomic E-state index is 0.156. The summed E-state index contributed by atoms with van der Waals surface area (Å²) in [7, 11) is 0. The Balaban J connectivity index is 1.30. The molecule has 0 radical (unpaired) electrons. The van der Waals surface area contributed by atoms with Gasteiger partial charge in [-0.05, 0) is 35.1 Å². The van der Waals surface area contributed by atoms with Gasteiger partial charge < -0.3 is 0 Å². The Labute approximate surface area is 185 Å². The molecule has 3 aromatic carbocycles. The van der Waals surface area contributed by atoms with Crippen molar-refractivity contribution < 1.29 is 14.4 Å². The Morgan fingerprint density at radius 2 is 1.72 bits per heavy atom. The zero-order chi connectivity index (χ0) is 21.8. The zero-order valence-electron chi connectivity index (χ0n) is 17.6. The van der Waals surface area contributed by atoms with E-state index in [-0.39, 0.29) is 18.2 Å². The predicted octanol–water partition coefficient (Wildman–Crippen LogP) is 3.20. The van der Waals surface area contributed by atoms with Crippen LogP contribution in [0.4, 0.5) is 5.69 Å². The number of nitrogens with one attached hydrogen (secondary N) is 1. The van der Waals surface area contributed by atoms with Gasteiger partial charge in [-0.3, -0.25) is 29.5 Å². The van der Waals surface area contributed by atoms with E-state index < -0.39 is 11.9 Å². The van der Waals surface area contributed by atoms with E-state index in [0.717, 1.165) is 36.1 Å². The molecule has 1 unspecified atom stereocenters. The van der Waals surface area contributed by atoms with Crippen LogP contribution < -0.4 is 10.2 Å². The van der Waals surface area contributed by atoms with Crippen molar-refractivity contribution in [2.45, 2.75) is 31.3 Å². The number of likely N-dealkylation sites (tertiary alicyclic amines) is 1. The van der Waals surface area contributed by atoms with Crippen LogP contribution in [0.15, 0.2) is 60.7 Å². The Morgan fingerprint density at radius 1 is 0.906 bits per heavy atom. The molecule has 3 heterocycles. The number of hydrogen-bond donors (Lipinski definition) is 1. The summed E-state index contributed by atoms with van der Waals surface area (Å²) < 4.78 is 0. The van der Waals surface area contributed by atoms with Gasteiger partial charge in [-0.25, -0.2) is 0 Å². The van der Waals surface area contributed by atoms with Crippen LogP contribution in [0.2, 0.25) is 0 Å². The first kappa shape index (κ1) is 19.2. The molecule has 2 saturated heterocycles. The third kappa shape index (κ3) is 2.94. The Kier molecular flexibility index (Phi) is 4.36. The van der Waals surface area contributed by atoms with Crippen molar-refractivity contribution in [1.82, 2.24) is 10.2 Å². The van der Waals surface area contributed by atoms with Crippen LogP contribution in [0.25, 0.3) is 10.8 Å². The fourth-order valence-electron chi connectivity index (χ4n) is 5.36. The molecule has 1 N–H and O–H groups in total. The Morgan fingerprint density at radius 3 is 2.50 bits per heavy atom. The Bertz CT molecular complexity index is 1260. The minimum Gasteiger partial charge on any atom is -0.298 e. The van der Waals surface area contributed by atoms with Crippen molar-refractivity contribution in [3.05, 3.63) is 77.4 Å². The Hall–Kier alpha value is -3.51. The lowest BCUT2D eigenvalue weighted by atomic mass is 9.86. The first-order chi connectivity index (χ1) is 15.6. The van der Waals surface area contributed by atoms with Crippen LogP contribution in [0.5, 0.6) is 0 Å². The SMILES string of the molecule is O=C1CCC(N2C(=O)c3ccc(C4CN(Cc5ccccc5)C4)c4cccc2c34)C(=O)N1. The number of piperidine rings is 1. The summed E-state index contributed by atoms with van der Waals surface area (Å²) in [5.74, 6) is -0.407. The molecular weight excluding hydrogens is 402 g/mol. The van der Waals surface area contributed by atoms with Gasteiger partial charge in [-0.1, -0.05) is 48.5 Å². The lowest BCUT2D eigenvalue weighted by Gasteiger charge is -2.40. The fraction of sp³-hybridized carbons (Fsp3) is 0.269. The maximum Gasteiger partial charge on any atom is 0.259 e. The molecule has 0 spiro atoms. The zero-order valence-corrected chi connectivity index (χ0v) is 17.6. The molecule has 1 atom stereocenters. The molecule has 3 aliphatic rings. The van der Waals surface area contributed by atoms with Crippen LogP contribution >= 0.6 is 0 Å². The molecule has 6 rings (SSSR count). The number of hydrogen-bond acceptors (Lipinski definition) is 4. The third-order valence-electron chi connectivity index (χ3n) is 6.93. The highest BCUT2D eigenvalue weighted by atomic mass is 16.2. The van der Waals surface area contributed by atoms with E-state index >= 15 is 0 Å². The summed E-state index contributed by atoms with van der Waals surface area (Å²) in [6.07, 6.45) is 0.599. The van der Waals surface area contributed by atoms with Gasteiger partial charge in [0.1, 0.15) is 6.04 Å². The molecular formula is C26H23N3O3. The molecule has 2 fully saturated rings. The van der Waals surface area contributed by atoms with Crippen LogP contribution in [0.1, 0.15) is 40.2 Å². The van der Waals surface area contributed by atoms with Gasteiger partial charge in [-0.2, -0.15) is 0 Å². The second-order valence-corrected chi connectivity index (χ2v) is 8.92. The van der Waals surface area contributed by atoms with E-state index in [1.165, 1.54) is 11.1 Å². The summed E-state index contributed by atoms with van der Waals surface area (Å²) in [6.45, 7) is 2.91. The third-order valence-corrected chi connectivity index (χ3v) is 6.93. The van der Waals surface area contributed by atoms with Gasteiger partial charge in [-0.15, -0.1) is 0 Å². The lowest BCUT2D eigenvalue weighted by molar-refractivity contribution is -0.134. The molecule has 0 aliphatic carbocycles. The molecule has 6 nitrogen and oxygen atoms in total. The highest BCUT2D eigenvalue weighted by Gasteiger charge is 2.41. The molecule has 3 aliphatic heterocycles. The van der Waals surface area contributed by atoms with Crippen molar-refractivity contribution >= 4 is 34.2 Å². The number of benzene rings is 3. The molecule has 0 bridgehead atoms. The lowest BCUT2D eigenvalue weighted by Crippen LogP contribution is -2.53. The van der Waals surface area contributed by atoms with E-state index in [0.29, 0.717) is 17.9 Å². The standard InChI is InChI=1S/C26H23N3O3/c30-23-12-11-22(25(31)27-23)29-21-8-4-7-19-18(9-10-20(24(19)21)26(29)32)17-14-28(15-17)13-16-5-2-1-3-6-16/h1-10,17,22H,11-15H2,(H,27,30,31). The van der Waals surface area contributed by atoms with Crippen LogP contribution in [-0.2, 0) is 16.1 Å². The largest absolute Gasteiger partial charge is 0.298 e. The van der Waals surface area contributed by atoms with E-state index in [1.54, 1.807) is 4.90 Å². The number of rotatable bonds is 4. The van der Waals surface area contributed by atoms with Crippen molar-refractivity contribution in [3.63, 3.8) is 0 Å². The summed E-state index contributed by atoms with van der Waals surface area (Å²) >= 11 is 0. The smallest absolute Gasteiger partial charge is 0.259 e. The minimum atomic E-state index is -0.647. The van der Waals surface area contributed by atoms with E-state index in [1.807, 2.05) is 24.3 Å². The van der Waals surface area contributed by atoms with E-state index in [2.05, 4.69) is 46.6 Å². The van der Waals surface area contributed by atoms with Gasteiger partial charge in [0.2, 0.25) is 11.8 Å².